The molecule has 0 heteroatoms. The van der Waals surface area contributed by atoms with E-state index in [0.29, 0.717) is 5.41 Å². The molecule has 1 atom stereocenters. The molecule has 68 valence electrons. The third kappa shape index (κ3) is 1.35. The van der Waals surface area contributed by atoms with Crippen LogP contribution in [0.2, 0.25) is 0 Å². The fourth-order valence-corrected chi connectivity index (χ4v) is 1.86. The van der Waals surface area contributed by atoms with Gasteiger partial charge in [0.2, 0.25) is 0 Å². The molecule has 0 aromatic rings. The summed E-state index contributed by atoms with van der Waals surface area (Å²) in [4.78, 5) is 0. The number of allylic oxidation sites excluding steroid dienone is 4. The minimum atomic E-state index is 0.315. The van der Waals surface area contributed by atoms with Crippen molar-refractivity contribution in [3.63, 3.8) is 0 Å². The Morgan fingerprint density at radius 2 is 1.92 bits per heavy atom. The molecule has 0 nitrogen and oxygen atoms in total. The van der Waals surface area contributed by atoms with Gasteiger partial charge in [-0.1, -0.05) is 51.0 Å². The standard InChI is InChI=1S/C12H20/c1-6-9(2)11-8-7-10(3)12(11,4)5/h7-9H,6H2,1-5H3. The van der Waals surface area contributed by atoms with Crippen LogP contribution in [0, 0.1) is 11.3 Å². The Hall–Kier alpha value is -0.520. The molecule has 0 aliphatic heterocycles. The first-order valence-electron chi connectivity index (χ1n) is 4.89. The van der Waals surface area contributed by atoms with Gasteiger partial charge in [0.15, 0.2) is 0 Å². The van der Waals surface area contributed by atoms with E-state index < -0.39 is 0 Å². The van der Waals surface area contributed by atoms with Crippen molar-refractivity contribution in [1.29, 1.82) is 0 Å². The normalized spacial score (nSPS) is 23.4. The summed E-state index contributed by atoms with van der Waals surface area (Å²) in [5.41, 5.74) is 3.41. The molecule has 1 aliphatic carbocycles. The van der Waals surface area contributed by atoms with Gasteiger partial charge < -0.3 is 0 Å². The lowest BCUT2D eigenvalue weighted by molar-refractivity contribution is 0.464. The number of hydrogen-bond donors (Lipinski definition) is 0. The first-order chi connectivity index (χ1) is 5.50. The molecular formula is C12H20. The van der Waals surface area contributed by atoms with Gasteiger partial charge in [0.05, 0.1) is 0 Å². The third-order valence-electron chi connectivity index (χ3n) is 3.36. The first kappa shape index (κ1) is 9.57. The smallest absolute Gasteiger partial charge is 0.00701 e. The van der Waals surface area contributed by atoms with Crippen molar-refractivity contribution in [2.75, 3.05) is 0 Å². The number of hydrogen-bond acceptors (Lipinski definition) is 0. The summed E-state index contributed by atoms with van der Waals surface area (Å²) >= 11 is 0. The van der Waals surface area contributed by atoms with Crippen molar-refractivity contribution in [2.24, 2.45) is 11.3 Å². The van der Waals surface area contributed by atoms with Crippen LogP contribution in [-0.4, -0.2) is 0 Å². The fourth-order valence-electron chi connectivity index (χ4n) is 1.86. The van der Waals surface area contributed by atoms with Crippen LogP contribution in [0.3, 0.4) is 0 Å². The monoisotopic (exact) mass is 164 g/mol. The summed E-state index contributed by atoms with van der Waals surface area (Å²) in [6.45, 7) is 11.5. The highest BCUT2D eigenvalue weighted by atomic mass is 14.3. The molecule has 1 unspecified atom stereocenters. The van der Waals surface area contributed by atoms with E-state index in [9.17, 15) is 0 Å². The van der Waals surface area contributed by atoms with Gasteiger partial charge in [-0.15, -0.1) is 0 Å². The SMILES string of the molecule is CCC(C)C1=CC=C(C)C1(C)C. The number of rotatable bonds is 2. The first-order valence-corrected chi connectivity index (χ1v) is 4.89. The van der Waals surface area contributed by atoms with E-state index in [4.69, 9.17) is 0 Å². The van der Waals surface area contributed by atoms with Gasteiger partial charge in [-0.3, -0.25) is 0 Å². The zero-order chi connectivity index (χ0) is 9.35. The molecule has 0 bridgehead atoms. The Morgan fingerprint density at radius 1 is 1.33 bits per heavy atom. The molecule has 0 spiro atoms. The van der Waals surface area contributed by atoms with Crippen LogP contribution in [0.5, 0.6) is 0 Å². The Labute approximate surface area is 76.4 Å². The maximum Gasteiger partial charge on any atom is 0.00701 e. The van der Waals surface area contributed by atoms with Crippen LogP contribution >= 0.6 is 0 Å². The van der Waals surface area contributed by atoms with Crippen molar-refractivity contribution >= 4 is 0 Å². The largest absolute Gasteiger partial charge is 0.0648 e. The molecule has 0 aromatic carbocycles. The third-order valence-corrected chi connectivity index (χ3v) is 3.36. The Kier molecular flexibility index (Phi) is 2.46. The molecular weight excluding hydrogens is 144 g/mol. The van der Waals surface area contributed by atoms with Gasteiger partial charge in [0.25, 0.3) is 0 Å². The average molecular weight is 164 g/mol. The van der Waals surface area contributed by atoms with Crippen LogP contribution in [0.1, 0.15) is 41.0 Å². The van der Waals surface area contributed by atoms with Gasteiger partial charge >= 0.3 is 0 Å². The summed E-state index contributed by atoms with van der Waals surface area (Å²) < 4.78 is 0. The van der Waals surface area contributed by atoms with E-state index in [1.165, 1.54) is 12.0 Å². The summed E-state index contributed by atoms with van der Waals surface area (Å²) in [6, 6.07) is 0. The Morgan fingerprint density at radius 3 is 2.25 bits per heavy atom. The molecule has 1 aliphatic rings. The molecule has 0 aromatic heterocycles. The van der Waals surface area contributed by atoms with Crippen molar-refractivity contribution in [3.8, 4) is 0 Å². The maximum absolute atomic E-state index is 2.32. The zero-order valence-electron chi connectivity index (χ0n) is 8.94. The molecule has 0 saturated heterocycles. The highest BCUT2D eigenvalue weighted by molar-refractivity contribution is 5.39. The quantitative estimate of drug-likeness (QED) is 0.580. The van der Waals surface area contributed by atoms with E-state index in [1.807, 2.05) is 0 Å². The summed E-state index contributed by atoms with van der Waals surface area (Å²) in [5.74, 6) is 0.730. The lowest BCUT2D eigenvalue weighted by atomic mass is 9.76. The van der Waals surface area contributed by atoms with E-state index >= 15 is 0 Å². The minimum absolute atomic E-state index is 0.315. The molecule has 0 radical (unpaired) electrons. The van der Waals surface area contributed by atoms with Crippen molar-refractivity contribution in [1.82, 2.24) is 0 Å². The zero-order valence-corrected chi connectivity index (χ0v) is 8.94. The molecule has 0 amide bonds. The van der Waals surface area contributed by atoms with Crippen molar-refractivity contribution < 1.29 is 0 Å². The lowest BCUT2D eigenvalue weighted by Crippen LogP contribution is -2.17. The van der Waals surface area contributed by atoms with E-state index in [2.05, 4.69) is 46.8 Å². The molecule has 0 heterocycles. The van der Waals surface area contributed by atoms with Crippen LogP contribution in [0.25, 0.3) is 0 Å². The van der Waals surface area contributed by atoms with Crippen LogP contribution in [0.4, 0.5) is 0 Å². The Balaban J connectivity index is 2.86. The van der Waals surface area contributed by atoms with Gasteiger partial charge in [0, 0.05) is 5.41 Å². The maximum atomic E-state index is 2.32. The summed E-state index contributed by atoms with van der Waals surface area (Å²) in [5, 5.41) is 0. The molecule has 12 heavy (non-hydrogen) atoms. The van der Waals surface area contributed by atoms with Gasteiger partial charge in [-0.2, -0.15) is 0 Å². The molecule has 0 N–H and O–H groups in total. The highest BCUT2D eigenvalue weighted by Gasteiger charge is 2.30. The molecule has 0 saturated carbocycles. The van der Waals surface area contributed by atoms with E-state index in [0.717, 1.165) is 5.92 Å². The second kappa shape index (κ2) is 3.08. The van der Waals surface area contributed by atoms with Gasteiger partial charge in [0.1, 0.15) is 0 Å². The van der Waals surface area contributed by atoms with Crippen LogP contribution in [0.15, 0.2) is 23.3 Å². The van der Waals surface area contributed by atoms with Crippen molar-refractivity contribution in [2.45, 2.75) is 41.0 Å². The molecule has 0 fully saturated rings. The summed E-state index contributed by atoms with van der Waals surface area (Å²) in [6.07, 6.45) is 5.82. The predicted octanol–water partition coefficient (Wildman–Crippen LogP) is 3.95. The van der Waals surface area contributed by atoms with Crippen LogP contribution < -0.4 is 0 Å². The molecule has 1 rings (SSSR count). The van der Waals surface area contributed by atoms with Gasteiger partial charge in [-0.25, -0.2) is 0 Å². The van der Waals surface area contributed by atoms with Gasteiger partial charge in [-0.05, 0) is 19.3 Å². The van der Waals surface area contributed by atoms with E-state index in [1.54, 1.807) is 5.57 Å². The highest BCUT2D eigenvalue weighted by Crippen LogP contribution is 2.43. The predicted molar refractivity (Wildman–Crippen MR) is 55.1 cm³/mol. The van der Waals surface area contributed by atoms with E-state index in [-0.39, 0.29) is 0 Å². The second-order valence-corrected chi connectivity index (χ2v) is 4.41. The minimum Gasteiger partial charge on any atom is -0.0648 e. The fraction of sp³-hybridized carbons (Fsp3) is 0.667. The lowest BCUT2D eigenvalue weighted by Gasteiger charge is -2.29. The second-order valence-electron chi connectivity index (χ2n) is 4.41. The summed E-state index contributed by atoms with van der Waals surface area (Å²) in [7, 11) is 0. The van der Waals surface area contributed by atoms with Crippen LogP contribution in [-0.2, 0) is 0 Å². The van der Waals surface area contributed by atoms with Crippen molar-refractivity contribution in [3.05, 3.63) is 23.3 Å². The average Bonchev–Trinajstić information content (AvgIpc) is 2.27. The topological polar surface area (TPSA) is 0 Å². The Bertz CT molecular complexity index is 228.